The molecule has 0 aliphatic carbocycles. The van der Waals surface area contributed by atoms with Crippen LogP contribution in [0.2, 0.25) is 0 Å². The van der Waals surface area contributed by atoms with Crippen LogP contribution in [-0.4, -0.2) is 6.61 Å². The van der Waals surface area contributed by atoms with Crippen LogP contribution >= 0.6 is 0 Å². The molecule has 1 heteroatoms. The Balaban J connectivity index is 1.36. The fourth-order valence-corrected chi connectivity index (χ4v) is 4.40. The number of hydrogen-bond acceptors (Lipinski definition) is 1. The van der Waals surface area contributed by atoms with E-state index in [1.807, 2.05) is 0 Å². The van der Waals surface area contributed by atoms with Gasteiger partial charge in [0.15, 0.2) is 0 Å². The summed E-state index contributed by atoms with van der Waals surface area (Å²) in [6, 6.07) is 36.5. The average molecular weight is 449 g/mol. The van der Waals surface area contributed by atoms with Crippen molar-refractivity contribution in [2.75, 3.05) is 6.61 Å². The van der Waals surface area contributed by atoms with Crippen molar-refractivity contribution in [2.24, 2.45) is 0 Å². The van der Waals surface area contributed by atoms with Crippen LogP contribution in [0.5, 0.6) is 5.75 Å². The van der Waals surface area contributed by atoms with Crippen LogP contribution < -0.4 is 4.74 Å². The summed E-state index contributed by atoms with van der Waals surface area (Å²) < 4.78 is 6.19. The van der Waals surface area contributed by atoms with Gasteiger partial charge in [-0.3, -0.25) is 0 Å². The fraction of sp³-hybridized carbons (Fsp3) is 0.273. The molecule has 1 nitrogen and oxygen atoms in total. The van der Waals surface area contributed by atoms with E-state index in [0.29, 0.717) is 0 Å². The van der Waals surface area contributed by atoms with Gasteiger partial charge >= 0.3 is 0 Å². The highest BCUT2D eigenvalue weighted by Gasteiger charge is 2.07. The predicted octanol–water partition coefficient (Wildman–Crippen LogP) is 9.82. The van der Waals surface area contributed by atoms with Gasteiger partial charge in [0.2, 0.25) is 0 Å². The summed E-state index contributed by atoms with van der Waals surface area (Å²) in [7, 11) is 0. The molecule has 0 fully saturated rings. The molecule has 4 rings (SSSR count). The highest BCUT2D eigenvalue weighted by molar-refractivity contribution is 5.75. The van der Waals surface area contributed by atoms with Crippen molar-refractivity contribution in [1.82, 2.24) is 0 Å². The SMILES string of the molecule is CCCCCCCCCOc1ccccc1-c1ccc(-c2ccc(-c3ccccc3)cc2)cc1. The Morgan fingerprint density at radius 3 is 1.53 bits per heavy atom. The van der Waals surface area contributed by atoms with Gasteiger partial charge in [-0.25, -0.2) is 0 Å². The van der Waals surface area contributed by atoms with Gasteiger partial charge in [0.05, 0.1) is 6.61 Å². The molecule has 0 aromatic heterocycles. The molecule has 0 saturated heterocycles. The molecule has 0 spiro atoms. The van der Waals surface area contributed by atoms with Crippen LogP contribution in [-0.2, 0) is 0 Å². The van der Waals surface area contributed by atoms with Gasteiger partial charge in [0.1, 0.15) is 5.75 Å². The Morgan fingerprint density at radius 1 is 0.441 bits per heavy atom. The third kappa shape index (κ3) is 6.60. The highest BCUT2D eigenvalue weighted by atomic mass is 16.5. The average Bonchev–Trinajstić information content (AvgIpc) is 2.91. The molecular formula is C33H36O. The number of hydrogen-bond donors (Lipinski definition) is 0. The summed E-state index contributed by atoms with van der Waals surface area (Å²) in [6.07, 6.45) is 9.09. The first-order valence-electron chi connectivity index (χ1n) is 12.8. The molecule has 0 bridgehead atoms. The Labute approximate surface area is 205 Å². The van der Waals surface area contributed by atoms with E-state index in [0.717, 1.165) is 24.3 Å². The molecule has 34 heavy (non-hydrogen) atoms. The first kappa shape index (κ1) is 23.8. The molecule has 0 atom stereocenters. The minimum atomic E-state index is 0.788. The fourth-order valence-electron chi connectivity index (χ4n) is 4.40. The lowest BCUT2D eigenvalue weighted by Gasteiger charge is -2.12. The summed E-state index contributed by atoms with van der Waals surface area (Å²) in [6.45, 7) is 3.05. The van der Waals surface area contributed by atoms with E-state index in [1.54, 1.807) is 0 Å². The van der Waals surface area contributed by atoms with Crippen LogP contribution in [0.4, 0.5) is 0 Å². The summed E-state index contributed by atoms with van der Waals surface area (Å²) in [5.74, 6) is 0.980. The third-order valence-corrected chi connectivity index (χ3v) is 6.41. The van der Waals surface area contributed by atoms with Crippen molar-refractivity contribution in [1.29, 1.82) is 0 Å². The first-order chi connectivity index (χ1) is 16.8. The molecule has 4 aromatic carbocycles. The van der Waals surface area contributed by atoms with E-state index >= 15 is 0 Å². The Bertz CT molecular complexity index is 1110. The maximum Gasteiger partial charge on any atom is 0.127 e. The molecule has 174 valence electrons. The van der Waals surface area contributed by atoms with Gasteiger partial charge < -0.3 is 4.74 Å². The quantitative estimate of drug-likeness (QED) is 0.196. The molecule has 0 aliphatic heterocycles. The number of benzene rings is 4. The molecule has 0 amide bonds. The smallest absolute Gasteiger partial charge is 0.127 e. The normalized spacial score (nSPS) is 10.9. The van der Waals surface area contributed by atoms with Crippen LogP contribution in [0.25, 0.3) is 33.4 Å². The van der Waals surface area contributed by atoms with E-state index in [2.05, 4.69) is 110 Å². The van der Waals surface area contributed by atoms with Gasteiger partial charge in [0.25, 0.3) is 0 Å². The van der Waals surface area contributed by atoms with Crippen molar-refractivity contribution in [3.63, 3.8) is 0 Å². The van der Waals surface area contributed by atoms with Gasteiger partial charge in [-0.15, -0.1) is 0 Å². The summed E-state index contributed by atoms with van der Waals surface area (Å²) in [4.78, 5) is 0. The maximum atomic E-state index is 6.19. The second-order valence-corrected chi connectivity index (χ2v) is 8.99. The summed E-state index contributed by atoms with van der Waals surface area (Å²) >= 11 is 0. The van der Waals surface area contributed by atoms with E-state index in [-0.39, 0.29) is 0 Å². The lowest BCUT2D eigenvalue weighted by molar-refractivity contribution is 0.305. The molecule has 0 saturated carbocycles. The van der Waals surface area contributed by atoms with Crippen LogP contribution in [0.15, 0.2) is 103 Å². The minimum Gasteiger partial charge on any atom is -0.493 e. The Morgan fingerprint density at radius 2 is 0.912 bits per heavy atom. The second kappa shape index (κ2) is 12.8. The van der Waals surface area contributed by atoms with E-state index in [1.165, 1.54) is 66.3 Å². The molecule has 0 unspecified atom stereocenters. The molecule has 0 aliphatic rings. The van der Waals surface area contributed by atoms with Crippen molar-refractivity contribution in [3.8, 4) is 39.1 Å². The summed E-state index contributed by atoms with van der Waals surface area (Å²) in [5.41, 5.74) is 7.31. The van der Waals surface area contributed by atoms with E-state index in [9.17, 15) is 0 Å². The van der Waals surface area contributed by atoms with Crippen molar-refractivity contribution in [2.45, 2.75) is 51.9 Å². The lowest BCUT2D eigenvalue weighted by Crippen LogP contribution is -1.99. The van der Waals surface area contributed by atoms with Crippen molar-refractivity contribution >= 4 is 0 Å². The number of para-hydroxylation sites is 1. The number of unbranched alkanes of at least 4 members (excludes halogenated alkanes) is 6. The molecule has 0 radical (unpaired) electrons. The van der Waals surface area contributed by atoms with Gasteiger partial charge in [-0.05, 0) is 40.3 Å². The van der Waals surface area contributed by atoms with Gasteiger partial charge in [-0.2, -0.15) is 0 Å². The zero-order valence-electron chi connectivity index (χ0n) is 20.4. The van der Waals surface area contributed by atoms with Crippen molar-refractivity contribution < 1.29 is 4.74 Å². The maximum absolute atomic E-state index is 6.19. The zero-order valence-corrected chi connectivity index (χ0v) is 20.4. The molecule has 0 N–H and O–H groups in total. The van der Waals surface area contributed by atoms with E-state index in [4.69, 9.17) is 4.74 Å². The van der Waals surface area contributed by atoms with Gasteiger partial charge in [-0.1, -0.05) is 143 Å². The second-order valence-electron chi connectivity index (χ2n) is 8.99. The van der Waals surface area contributed by atoms with Crippen LogP contribution in [0.3, 0.4) is 0 Å². The lowest BCUT2D eigenvalue weighted by atomic mass is 9.98. The number of ether oxygens (including phenoxy) is 1. The number of rotatable bonds is 12. The van der Waals surface area contributed by atoms with Crippen LogP contribution in [0.1, 0.15) is 51.9 Å². The topological polar surface area (TPSA) is 9.23 Å². The molecule has 4 aromatic rings. The van der Waals surface area contributed by atoms with Crippen LogP contribution in [0, 0.1) is 0 Å². The monoisotopic (exact) mass is 448 g/mol. The Kier molecular flexibility index (Phi) is 8.97. The summed E-state index contributed by atoms with van der Waals surface area (Å²) in [5, 5.41) is 0. The minimum absolute atomic E-state index is 0.788. The largest absolute Gasteiger partial charge is 0.493 e. The van der Waals surface area contributed by atoms with Gasteiger partial charge in [0, 0.05) is 5.56 Å². The van der Waals surface area contributed by atoms with E-state index < -0.39 is 0 Å². The molecular weight excluding hydrogens is 412 g/mol. The third-order valence-electron chi connectivity index (χ3n) is 6.41. The first-order valence-corrected chi connectivity index (χ1v) is 12.8. The Hall–Kier alpha value is -3.32. The molecule has 0 heterocycles. The standard InChI is InChI=1S/C33H36O/c1-2-3-4-5-6-7-13-26-34-33-17-12-11-16-32(33)31-24-22-30(23-25-31)29-20-18-28(19-21-29)27-14-9-8-10-15-27/h8-12,14-25H,2-7,13,26H2,1H3. The predicted molar refractivity (Wildman–Crippen MR) is 146 cm³/mol. The van der Waals surface area contributed by atoms with Crippen molar-refractivity contribution in [3.05, 3.63) is 103 Å². The highest BCUT2D eigenvalue weighted by Crippen LogP contribution is 2.32. The zero-order chi connectivity index (χ0) is 23.4.